The van der Waals surface area contributed by atoms with Crippen LogP contribution in [-0.2, 0) is 0 Å². The van der Waals surface area contributed by atoms with Crippen LogP contribution < -0.4 is 0 Å². The van der Waals surface area contributed by atoms with E-state index in [0.717, 1.165) is 5.92 Å². The van der Waals surface area contributed by atoms with E-state index in [0.29, 0.717) is 0 Å². The van der Waals surface area contributed by atoms with Gasteiger partial charge in [0.1, 0.15) is 0 Å². The molecule has 0 saturated heterocycles. The van der Waals surface area contributed by atoms with Gasteiger partial charge in [-0.15, -0.1) is 0 Å². The van der Waals surface area contributed by atoms with Crippen molar-refractivity contribution in [2.75, 3.05) is 0 Å². The van der Waals surface area contributed by atoms with Crippen LogP contribution in [0.3, 0.4) is 0 Å². The molecule has 0 fully saturated rings. The summed E-state index contributed by atoms with van der Waals surface area (Å²) >= 11 is 0. The minimum absolute atomic E-state index is 0.925. The minimum atomic E-state index is 0.925. The average Bonchev–Trinajstić information content (AvgIpc) is 2.04. The quantitative estimate of drug-likeness (QED) is 0.461. The molecule has 60 valence electrons. The van der Waals surface area contributed by atoms with Crippen LogP contribution in [0.15, 0.2) is 23.3 Å². The molecule has 2 aliphatic carbocycles. The largest absolute Gasteiger partial charge is 0.0847 e. The Morgan fingerprint density at radius 3 is 3.18 bits per heavy atom. The molecule has 0 heterocycles. The second-order valence-electron chi connectivity index (χ2n) is 3.87. The van der Waals surface area contributed by atoms with Crippen LogP contribution in [0.4, 0.5) is 0 Å². The topological polar surface area (TPSA) is 0 Å². The van der Waals surface area contributed by atoms with Crippen molar-refractivity contribution in [3.8, 4) is 0 Å². The number of allylic oxidation sites excluding steroid dienone is 4. The molecule has 1 unspecified atom stereocenters. The van der Waals surface area contributed by atoms with E-state index in [2.05, 4.69) is 19.1 Å². The summed E-state index contributed by atoms with van der Waals surface area (Å²) in [4.78, 5) is 0. The lowest BCUT2D eigenvalue weighted by atomic mass is 9.78. The second-order valence-corrected chi connectivity index (χ2v) is 3.87. The van der Waals surface area contributed by atoms with Gasteiger partial charge in [-0.2, -0.15) is 0 Å². The van der Waals surface area contributed by atoms with Crippen molar-refractivity contribution in [3.05, 3.63) is 23.3 Å². The smallest absolute Gasteiger partial charge is 0.0133 e. The van der Waals surface area contributed by atoms with Gasteiger partial charge in [-0.1, -0.05) is 23.3 Å². The number of rotatable bonds is 0. The number of fused-ring (bicyclic) bond motifs is 1. The SMILES string of the molecule is CC1=CCC2=CCCCC2C1. The second kappa shape index (κ2) is 2.84. The first kappa shape index (κ1) is 7.15. The molecule has 0 aliphatic heterocycles. The molecular weight excluding hydrogens is 132 g/mol. The van der Waals surface area contributed by atoms with Gasteiger partial charge >= 0.3 is 0 Å². The van der Waals surface area contributed by atoms with Gasteiger partial charge < -0.3 is 0 Å². The third-order valence-electron chi connectivity index (χ3n) is 2.94. The summed E-state index contributed by atoms with van der Waals surface area (Å²) in [7, 11) is 0. The molecular formula is C11H16. The van der Waals surface area contributed by atoms with Gasteiger partial charge in [0.2, 0.25) is 0 Å². The summed E-state index contributed by atoms with van der Waals surface area (Å²) in [5, 5.41) is 0. The van der Waals surface area contributed by atoms with Crippen molar-refractivity contribution >= 4 is 0 Å². The molecule has 0 aromatic heterocycles. The Morgan fingerprint density at radius 2 is 2.27 bits per heavy atom. The summed E-state index contributed by atoms with van der Waals surface area (Å²) in [6, 6.07) is 0. The van der Waals surface area contributed by atoms with Crippen LogP contribution in [0.25, 0.3) is 0 Å². The van der Waals surface area contributed by atoms with Crippen LogP contribution in [0.1, 0.15) is 39.0 Å². The predicted octanol–water partition coefficient (Wildman–Crippen LogP) is 3.45. The first-order valence-corrected chi connectivity index (χ1v) is 4.71. The van der Waals surface area contributed by atoms with Crippen LogP contribution in [-0.4, -0.2) is 0 Å². The van der Waals surface area contributed by atoms with E-state index in [1.807, 2.05) is 0 Å². The lowest BCUT2D eigenvalue weighted by molar-refractivity contribution is 0.486. The normalized spacial score (nSPS) is 30.5. The third kappa shape index (κ3) is 1.40. The fraction of sp³-hybridized carbons (Fsp3) is 0.636. The first-order chi connectivity index (χ1) is 5.36. The molecule has 2 rings (SSSR count). The highest BCUT2D eigenvalue weighted by Gasteiger charge is 2.19. The summed E-state index contributed by atoms with van der Waals surface area (Å²) < 4.78 is 0. The molecule has 0 amide bonds. The summed E-state index contributed by atoms with van der Waals surface area (Å²) in [5.41, 5.74) is 3.33. The monoisotopic (exact) mass is 148 g/mol. The van der Waals surface area contributed by atoms with E-state index in [9.17, 15) is 0 Å². The fourth-order valence-corrected chi connectivity index (χ4v) is 2.25. The van der Waals surface area contributed by atoms with Gasteiger partial charge in [0.25, 0.3) is 0 Å². The van der Waals surface area contributed by atoms with E-state index in [1.54, 1.807) is 11.1 Å². The Bertz CT molecular complexity index is 208. The molecule has 1 atom stereocenters. The summed E-state index contributed by atoms with van der Waals surface area (Å²) in [5.74, 6) is 0.925. The van der Waals surface area contributed by atoms with Gasteiger partial charge in [0.15, 0.2) is 0 Å². The number of hydrogen-bond acceptors (Lipinski definition) is 0. The molecule has 0 aromatic carbocycles. The first-order valence-electron chi connectivity index (χ1n) is 4.71. The lowest BCUT2D eigenvalue weighted by Crippen LogP contribution is -2.12. The van der Waals surface area contributed by atoms with Crippen LogP contribution in [0, 0.1) is 5.92 Å². The van der Waals surface area contributed by atoms with Crippen LogP contribution in [0.2, 0.25) is 0 Å². The van der Waals surface area contributed by atoms with Gasteiger partial charge in [0, 0.05) is 0 Å². The van der Waals surface area contributed by atoms with E-state index in [1.165, 1.54) is 32.1 Å². The molecule has 0 N–H and O–H groups in total. The number of hydrogen-bond donors (Lipinski definition) is 0. The van der Waals surface area contributed by atoms with Crippen LogP contribution >= 0.6 is 0 Å². The Labute approximate surface area is 69.0 Å². The lowest BCUT2D eigenvalue weighted by Gasteiger charge is -2.27. The highest BCUT2D eigenvalue weighted by atomic mass is 14.2. The molecule has 0 radical (unpaired) electrons. The maximum Gasteiger partial charge on any atom is -0.0133 e. The van der Waals surface area contributed by atoms with Crippen molar-refractivity contribution in [1.82, 2.24) is 0 Å². The van der Waals surface area contributed by atoms with E-state index in [4.69, 9.17) is 0 Å². The summed E-state index contributed by atoms with van der Waals surface area (Å²) in [6.45, 7) is 2.27. The molecule has 2 aliphatic rings. The van der Waals surface area contributed by atoms with Crippen molar-refractivity contribution in [1.29, 1.82) is 0 Å². The Morgan fingerprint density at radius 1 is 1.36 bits per heavy atom. The molecule has 0 aromatic rings. The van der Waals surface area contributed by atoms with Crippen molar-refractivity contribution in [2.45, 2.75) is 39.0 Å². The van der Waals surface area contributed by atoms with Gasteiger partial charge in [0.05, 0.1) is 0 Å². The minimum Gasteiger partial charge on any atom is -0.0847 e. The Hall–Kier alpha value is -0.520. The van der Waals surface area contributed by atoms with E-state index in [-0.39, 0.29) is 0 Å². The standard InChI is InChI=1S/C11H16/c1-9-6-7-10-4-2-3-5-11(10)8-9/h4,6,11H,2-3,5,7-8H2,1H3. The third-order valence-corrected chi connectivity index (χ3v) is 2.94. The zero-order valence-corrected chi connectivity index (χ0v) is 7.27. The maximum absolute atomic E-state index is 2.47. The molecule has 11 heavy (non-hydrogen) atoms. The molecule has 0 spiro atoms. The van der Waals surface area contributed by atoms with Gasteiger partial charge in [-0.25, -0.2) is 0 Å². The molecule has 0 heteroatoms. The van der Waals surface area contributed by atoms with Crippen molar-refractivity contribution in [3.63, 3.8) is 0 Å². The van der Waals surface area contributed by atoms with Gasteiger partial charge in [-0.3, -0.25) is 0 Å². The molecule has 0 bridgehead atoms. The molecule has 0 nitrogen and oxygen atoms in total. The van der Waals surface area contributed by atoms with Crippen LogP contribution in [0.5, 0.6) is 0 Å². The fourth-order valence-electron chi connectivity index (χ4n) is 2.25. The highest BCUT2D eigenvalue weighted by Crippen LogP contribution is 2.35. The van der Waals surface area contributed by atoms with E-state index >= 15 is 0 Å². The zero-order valence-electron chi connectivity index (χ0n) is 7.27. The Kier molecular flexibility index (Phi) is 1.85. The average molecular weight is 148 g/mol. The summed E-state index contributed by atoms with van der Waals surface area (Å²) in [6.07, 6.45) is 11.6. The maximum atomic E-state index is 2.47. The zero-order chi connectivity index (χ0) is 7.68. The Balaban J connectivity index is 2.18. The van der Waals surface area contributed by atoms with E-state index < -0.39 is 0 Å². The van der Waals surface area contributed by atoms with Gasteiger partial charge in [-0.05, 0) is 44.9 Å². The van der Waals surface area contributed by atoms with Crippen molar-refractivity contribution < 1.29 is 0 Å². The highest BCUT2D eigenvalue weighted by molar-refractivity contribution is 5.22. The predicted molar refractivity (Wildman–Crippen MR) is 48.4 cm³/mol. The van der Waals surface area contributed by atoms with Crippen molar-refractivity contribution in [2.24, 2.45) is 5.92 Å². The molecule has 0 saturated carbocycles.